The zero-order valence-electron chi connectivity index (χ0n) is 11.9. The second-order valence-electron chi connectivity index (χ2n) is 4.99. The van der Waals surface area contributed by atoms with Gasteiger partial charge in [-0.1, -0.05) is 6.07 Å². The summed E-state index contributed by atoms with van der Waals surface area (Å²) in [5, 5.41) is 0.302. The number of fused-ring (bicyclic) bond motifs is 1. The monoisotopic (exact) mass is 286 g/mol. The molecule has 0 spiro atoms. The van der Waals surface area contributed by atoms with E-state index in [0.717, 1.165) is 11.4 Å². The van der Waals surface area contributed by atoms with E-state index < -0.39 is 5.82 Å². The van der Waals surface area contributed by atoms with Crippen LogP contribution in [0.1, 0.15) is 11.4 Å². The highest BCUT2D eigenvalue weighted by molar-refractivity contribution is 5.77. The maximum atomic E-state index is 13.6. The Morgan fingerprint density at radius 3 is 2.52 bits per heavy atom. The number of hydrogen-bond donors (Lipinski definition) is 0. The van der Waals surface area contributed by atoms with Crippen LogP contribution in [0, 0.1) is 19.7 Å². The van der Waals surface area contributed by atoms with Crippen LogP contribution in [0.2, 0.25) is 0 Å². The van der Waals surface area contributed by atoms with E-state index in [0.29, 0.717) is 18.5 Å². The van der Waals surface area contributed by atoms with Gasteiger partial charge in [0.15, 0.2) is 0 Å². The first-order valence-electron chi connectivity index (χ1n) is 6.70. The molecule has 0 unspecified atom stereocenters. The van der Waals surface area contributed by atoms with Crippen LogP contribution in [-0.2, 0) is 13.1 Å². The number of hydrogen-bond acceptors (Lipinski definition) is 3. The van der Waals surface area contributed by atoms with E-state index in [9.17, 15) is 9.18 Å². The molecule has 0 saturated carbocycles. The van der Waals surface area contributed by atoms with Gasteiger partial charge in [0.25, 0.3) is 5.56 Å². The molecule has 2 heterocycles. The Morgan fingerprint density at radius 2 is 1.81 bits per heavy atom. The van der Waals surface area contributed by atoms with Crippen LogP contribution in [0.15, 0.2) is 35.6 Å². The highest BCUT2D eigenvalue weighted by atomic mass is 19.1. The van der Waals surface area contributed by atoms with Crippen LogP contribution in [0.3, 0.4) is 0 Å². The smallest absolute Gasteiger partial charge is 0.261 e. The molecule has 0 saturated heterocycles. The minimum atomic E-state index is -0.474. The van der Waals surface area contributed by atoms with Crippen LogP contribution in [-0.4, -0.2) is 19.1 Å². The molecule has 0 N–H and O–H groups in total. The lowest BCUT2D eigenvalue weighted by atomic mass is 10.2. The van der Waals surface area contributed by atoms with Crippen molar-refractivity contribution in [1.82, 2.24) is 19.1 Å². The summed E-state index contributed by atoms with van der Waals surface area (Å²) >= 11 is 0. The molecule has 0 bridgehead atoms. The van der Waals surface area contributed by atoms with Crippen molar-refractivity contribution >= 4 is 10.9 Å². The molecular formula is C15H15FN4O. The molecule has 0 radical (unpaired) electrons. The van der Waals surface area contributed by atoms with Crippen molar-refractivity contribution in [2.24, 2.45) is 0 Å². The molecule has 1 aromatic carbocycles. The lowest BCUT2D eigenvalue weighted by Crippen LogP contribution is -2.23. The van der Waals surface area contributed by atoms with Gasteiger partial charge in [-0.05, 0) is 26.0 Å². The summed E-state index contributed by atoms with van der Waals surface area (Å²) in [5.74, 6) is -0.474. The summed E-state index contributed by atoms with van der Waals surface area (Å²) in [6.45, 7) is 5.02. The first-order valence-corrected chi connectivity index (χ1v) is 6.70. The maximum absolute atomic E-state index is 13.6. The van der Waals surface area contributed by atoms with Gasteiger partial charge in [-0.25, -0.2) is 14.4 Å². The number of nitrogens with zero attached hydrogens (tertiary/aromatic N) is 4. The molecule has 0 atom stereocenters. The first-order chi connectivity index (χ1) is 10.1. The fraction of sp³-hybridized carbons (Fsp3) is 0.267. The Morgan fingerprint density at radius 1 is 1.10 bits per heavy atom. The van der Waals surface area contributed by atoms with Gasteiger partial charge in [-0.15, -0.1) is 0 Å². The van der Waals surface area contributed by atoms with Gasteiger partial charge in [0.2, 0.25) is 0 Å². The molecular weight excluding hydrogens is 271 g/mol. The molecule has 0 aliphatic rings. The van der Waals surface area contributed by atoms with E-state index in [2.05, 4.69) is 9.97 Å². The predicted molar refractivity (Wildman–Crippen MR) is 77.7 cm³/mol. The largest absolute Gasteiger partial charge is 0.333 e. The molecule has 2 aromatic heterocycles. The Hall–Kier alpha value is -2.50. The third-order valence-corrected chi connectivity index (χ3v) is 3.73. The standard InChI is InChI=1S/C15H15FN4O/c1-10-11(2)19(8-17-10)6-7-20-9-18-14-12(15(20)21)4-3-5-13(14)16/h3-5,8-9H,6-7H2,1-2H3. The van der Waals surface area contributed by atoms with Crippen LogP contribution in [0.25, 0.3) is 10.9 Å². The number of rotatable bonds is 3. The summed E-state index contributed by atoms with van der Waals surface area (Å²) in [4.78, 5) is 20.6. The summed E-state index contributed by atoms with van der Waals surface area (Å²) in [7, 11) is 0. The van der Waals surface area contributed by atoms with E-state index in [1.54, 1.807) is 12.4 Å². The molecule has 21 heavy (non-hydrogen) atoms. The van der Waals surface area contributed by atoms with Gasteiger partial charge in [0.1, 0.15) is 11.3 Å². The third kappa shape index (κ3) is 2.33. The zero-order valence-corrected chi connectivity index (χ0v) is 11.9. The molecule has 5 nitrogen and oxygen atoms in total. The molecule has 0 amide bonds. The first kappa shape index (κ1) is 13.5. The fourth-order valence-corrected chi connectivity index (χ4v) is 2.30. The van der Waals surface area contributed by atoms with Crippen molar-refractivity contribution in [1.29, 1.82) is 0 Å². The second-order valence-corrected chi connectivity index (χ2v) is 4.99. The number of aryl methyl sites for hydroxylation is 3. The lowest BCUT2D eigenvalue weighted by Gasteiger charge is -2.09. The molecule has 3 aromatic rings. The van der Waals surface area contributed by atoms with Crippen LogP contribution < -0.4 is 5.56 Å². The Labute approximate surface area is 120 Å². The normalized spacial score (nSPS) is 11.2. The fourth-order valence-electron chi connectivity index (χ4n) is 2.30. The third-order valence-electron chi connectivity index (χ3n) is 3.73. The molecule has 108 valence electrons. The van der Waals surface area contributed by atoms with Crippen molar-refractivity contribution in [3.8, 4) is 0 Å². The van der Waals surface area contributed by atoms with Crippen molar-refractivity contribution in [3.63, 3.8) is 0 Å². The number of halogens is 1. The van der Waals surface area contributed by atoms with E-state index in [1.165, 1.54) is 23.0 Å². The van der Waals surface area contributed by atoms with Crippen molar-refractivity contribution in [2.75, 3.05) is 0 Å². The molecule has 3 rings (SSSR count). The number of imidazole rings is 1. The number of aromatic nitrogens is 4. The Balaban J connectivity index is 1.93. The topological polar surface area (TPSA) is 52.7 Å². The highest BCUT2D eigenvalue weighted by Gasteiger charge is 2.08. The Kier molecular flexibility index (Phi) is 3.29. The second kappa shape index (κ2) is 5.12. The molecule has 0 fully saturated rings. The summed E-state index contributed by atoms with van der Waals surface area (Å²) < 4.78 is 17.1. The van der Waals surface area contributed by atoms with Gasteiger partial charge in [-0.3, -0.25) is 9.36 Å². The van der Waals surface area contributed by atoms with E-state index in [-0.39, 0.29) is 11.1 Å². The van der Waals surface area contributed by atoms with Crippen molar-refractivity contribution < 1.29 is 4.39 Å². The van der Waals surface area contributed by atoms with Gasteiger partial charge in [0, 0.05) is 18.8 Å². The number of benzene rings is 1. The molecule has 0 aliphatic carbocycles. The SMILES string of the molecule is Cc1ncn(CCn2cnc3c(F)cccc3c2=O)c1C. The molecule has 6 heteroatoms. The van der Waals surface area contributed by atoms with Crippen molar-refractivity contribution in [2.45, 2.75) is 26.9 Å². The predicted octanol–water partition coefficient (Wildman–Crippen LogP) is 2.05. The summed E-state index contributed by atoms with van der Waals surface area (Å²) in [5.41, 5.74) is 1.94. The molecule has 0 aliphatic heterocycles. The minimum absolute atomic E-state index is 0.119. The summed E-state index contributed by atoms with van der Waals surface area (Å²) in [6, 6.07) is 4.42. The van der Waals surface area contributed by atoms with Crippen LogP contribution >= 0.6 is 0 Å². The average Bonchev–Trinajstić information content (AvgIpc) is 2.79. The van der Waals surface area contributed by atoms with Gasteiger partial charge < -0.3 is 4.57 Å². The van der Waals surface area contributed by atoms with Gasteiger partial charge in [-0.2, -0.15) is 0 Å². The highest BCUT2D eigenvalue weighted by Crippen LogP contribution is 2.11. The van der Waals surface area contributed by atoms with E-state index in [4.69, 9.17) is 0 Å². The zero-order chi connectivity index (χ0) is 15.0. The lowest BCUT2D eigenvalue weighted by molar-refractivity contribution is 0.552. The number of para-hydroxylation sites is 1. The van der Waals surface area contributed by atoms with Crippen LogP contribution in [0.5, 0.6) is 0 Å². The average molecular weight is 286 g/mol. The minimum Gasteiger partial charge on any atom is -0.333 e. The van der Waals surface area contributed by atoms with Crippen molar-refractivity contribution in [3.05, 3.63) is 58.4 Å². The van der Waals surface area contributed by atoms with Gasteiger partial charge >= 0.3 is 0 Å². The van der Waals surface area contributed by atoms with E-state index in [1.807, 2.05) is 18.4 Å². The Bertz CT molecular complexity index is 866. The maximum Gasteiger partial charge on any atom is 0.261 e. The summed E-state index contributed by atoms with van der Waals surface area (Å²) in [6.07, 6.45) is 3.15. The quantitative estimate of drug-likeness (QED) is 0.740. The van der Waals surface area contributed by atoms with E-state index >= 15 is 0 Å². The van der Waals surface area contributed by atoms with Crippen LogP contribution in [0.4, 0.5) is 4.39 Å². The van der Waals surface area contributed by atoms with Gasteiger partial charge in [0.05, 0.1) is 23.7 Å².